The van der Waals surface area contributed by atoms with E-state index in [-0.39, 0.29) is 0 Å². The third kappa shape index (κ3) is 1.62. The fraction of sp³-hybridized carbons (Fsp3) is 1.00. The van der Waals surface area contributed by atoms with Gasteiger partial charge in [-0.25, -0.2) is 0 Å². The molecule has 2 heteroatoms. The van der Waals surface area contributed by atoms with Gasteiger partial charge in [0.25, 0.3) is 0 Å². The van der Waals surface area contributed by atoms with Crippen molar-refractivity contribution in [3.63, 3.8) is 0 Å². The fourth-order valence-electron chi connectivity index (χ4n) is 1.28. The van der Waals surface area contributed by atoms with Crippen molar-refractivity contribution in [3.05, 3.63) is 0 Å². The average molecular weight is 146 g/mol. The molecule has 1 saturated heterocycles. The molecule has 1 fully saturated rings. The molecule has 1 aliphatic heterocycles. The normalized spacial score (nSPS) is 35.3. The maximum atomic E-state index is 5.29. The van der Waals surface area contributed by atoms with E-state index in [1.807, 2.05) is 7.11 Å². The van der Waals surface area contributed by atoms with Crippen molar-refractivity contribution >= 4 is 11.8 Å². The SMILES string of the molecule is CC[C@H]1SCC[C@H]1OC. The number of hydrogen-bond acceptors (Lipinski definition) is 2. The molecule has 54 valence electrons. The van der Waals surface area contributed by atoms with Gasteiger partial charge >= 0.3 is 0 Å². The lowest BCUT2D eigenvalue weighted by Gasteiger charge is -2.13. The van der Waals surface area contributed by atoms with Crippen LogP contribution in [0.25, 0.3) is 0 Å². The highest BCUT2D eigenvalue weighted by molar-refractivity contribution is 8.00. The van der Waals surface area contributed by atoms with E-state index in [9.17, 15) is 0 Å². The Balaban J connectivity index is 2.32. The predicted octanol–water partition coefficient (Wildman–Crippen LogP) is 1.92. The summed E-state index contributed by atoms with van der Waals surface area (Å²) in [5.41, 5.74) is 0. The summed E-state index contributed by atoms with van der Waals surface area (Å²) in [6.07, 6.45) is 3.04. The van der Waals surface area contributed by atoms with Crippen molar-refractivity contribution in [1.29, 1.82) is 0 Å². The Bertz CT molecular complexity index is 75.0. The molecule has 0 bridgehead atoms. The first kappa shape index (κ1) is 7.42. The number of hydrogen-bond donors (Lipinski definition) is 0. The fourth-order valence-corrected chi connectivity index (χ4v) is 2.65. The van der Waals surface area contributed by atoms with Crippen LogP contribution in [0, 0.1) is 0 Å². The first-order chi connectivity index (χ1) is 4.38. The lowest BCUT2D eigenvalue weighted by Crippen LogP contribution is -2.18. The average Bonchev–Trinajstić information content (AvgIpc) is 2.33. The Morgan fingerprint density at radius 3 is 2.89 bits per heavy atom. The molecule has 0 radical (unpaired) electrons. The van der Waals surface area contributed by atoms with Gasteiger partial charge in [0.15, 0.2) is 0 Å². The minimum atomic E-state index is 0.542. The van der Waals surface area contributed by atoms with E-state index < -0.39 is 0 Å². The summed E-state index contributed by atoms with van der Waals surface area (Å²) >= 11 is 2.05. The smallest absolute Gasteiger partial charge is 0.0697 e. The van der Waals surface area contributed by atoms with E-state index >= 15 is 0 Å². The minimum Gasteiger partial charge on any atom is -0.380 e. The Morgan fingerprint density at radius 2 is 2.44 bits per heavy atom. The number of methoxy groups -OCH3 is 1. The lowest BCUT2D eigenvalue weighted by molar-refractivity contribution is 0.103. The summed E-state index contributed by atoms with van der Waals surface area (Å²) in [5, 5.41) is 0.773. The Kier molecular flexibility index (Phi) is 2.86. The van der Waals surface area contributed by atoms with Gasteiger partial charge in [0.05, 0.1) is 6.10 Å². The van der Waals surface area contributed by atoms with Gasteiger partial charge in [0, 0.05) is 12.4 Å². The third-order valence-electron chi connectivity index (χ3n) is 1.85. The van der Waals surface area contributed by atoms with Gasteiger partial charge in [-0.1, -0.05) is 6.92 Å². The zero-order valence-corrected chi connectivity index (χ0v) is 6.91. The van der Waals surface area contributed by atoms with Crippen molar-refractivity contribution in [2.24, 2.45) is 0 Å². The van der Waals surface area contributed by atoms with Gasteiger partial charge in [0.2, 0.25) is 0 Å². The lowest BCUT2D eigenvalue weighted by atomic mass is 10.2. The van der Waals surface area contributed by atoms with Crippen molar-refractivity contribution in [2.45, 2.75) is 31.1 Å². The maximum absolute atomic E-state index is 5.29. The molecule has 1 nitrogen and oxygen atoms in total. The van der Waals surface area contributed by atoms with E-state index in [0.717, 1.165) is 5.25 Å². The maximum Gasteiger partial charge on any atom is 0.0697 e. The van der Waals surface area contributed by atoms with Crippen LogP contribution in [0.4, 0.5) is 0 Å². The van der Waals surface area contributed by atoms with Gasteiger partial charge in [-0.05, 0) is 18.6 Å². The molecule has 9 heavy (non-hydrogen) atoms. The standard InChI is InChI=1S/C7H14OS/c1-3-7-6(8-2)4-5-9-7/h6-7H,3-5H2,1-2H3/t6-,7-/m1/s1. The zero-order chi connectivity index (χ0) is 6.69. The number of ether oxygens (including phenoxy) is 1. The van der Waals surface area contributed by atoms with Crippen LogP contribution in [-0.2, 0) is 4.74 Å². The molecule has 0 saturated carbocycles. The molecule has 0 unspecified atom stereocenters. The molecular weight excluding hydrogens is 132 g/mol. The largest absolute Gasteiger partial charge is 0.380 e. The Labute approximate surface area is 61.2 Å². The van der Waals surface area contributed by atoms with Gasteiger partial charge in [-0.15, -0.1) is 0 Å². The van der Waals surface area contributed by atoms with Gasteiger partial charge < -0.3 is 4.74 Å². The second-order valence-corrected chi connectivity index (χ2v) is 3.73. The van der Waals surface area contributed by atoms with E-state index in [1.165, 1.54) is 18.6 Å². The van der Waals surface area contributed by atoms with Gasteiger partial charge in [-0.2, -0.15) is 11.8 Å². The van der Waals surface area contributed by atoms with Crippen LogP contribution < -0.4 is 0 Å². The van der Waals surface area contributed by atoms with Crippen molar-refractivity contribution < 1.29 is 4.74 Å². The summed E-state index contributed by atoms with van der Waals surface area (Å²) in [4.78, 5) is 0. The highest BCUT2D eigenvalue weighted by atomic mass is 32.2. The summed E-state index contributed by atoms with van der Waals surface area (Å²) in [6.45, 7) is 2.23. The van der Waals surface area contributed by atoms with Crippen LogP contribution in [-0.4, -0.2) is 24.2 Å². The van der Waals surface area contributed by atoms with Crippen LogP contribution in [0.2, 0.25) is 0 Å². The minimum absolute atomic E-state index is 0.542. The monoisotopic (exact) mass is 146 g/mol. The number of thioether (sulfide) groups is 1. The van der Waals surface area contributed by atoms with E-state index in [0.29, 0.717) is 6.10 Å². The summed E-state index contributed by atoms with van der Waals surface area (Å²) < 4.78 is 5.29. The van der Waals surface area contributed by atoms with E-state index in [2.05, 4.69) is 18.7 Å². The van der Waals surface area contributed by atoms with Crippen molar-refractivity contribution in [3.8, 4) is 0 Å². The van der Waals surface area contributed by atoms with Crippen molar-refractivity contribution in [1.82, 2.24) is 0 Å². The topological polar surface area (TPSA) is 9.23 Å². The van der Waals surface area contributed by atoms with E-state index in [1.54, 1.807) is 0 Å². The molecule has 1 heterocycles. The zero-order valence-electron chi connectivity index (χ0n) is 6.09. The van der Waals surface area contributed by atoms with Crippen LogP contribution >= 0.6 is 11.8 Å². The molecule has 0 aromatic heterocycles. The molecule has 1 rings (SSSR count). The summed E-state index contributed by atoms with van der Waals surface area (Å²) in [7, 11) is 1.82. The van der Waals surface area contributed by atoms with Gasteiger partial charge in [0.1, 0.15) is 0 Å². The quantitative estimate of drug-likeness (QED) is 0.588. The summed E-state index contributed by atoms with van der Waals surface area (Å²) in [6, 6.07) is 0. The highest BCUT2D eigenvalue weighted by Crippen LogP contribution is 2.30. The second kappa shape index (κ2) is 3.47. The Morgan fingerprint density at radius 1 is 1.67 bits per heavy atom. The molecular formula is C7H14OS. The first-order valence-corrected chi connectivity index (χ1v) is 4.57. The summed E-state index contributed by atoms with van der Waals surface area (Å²) in [5.74, 6) is 1.29. The van der Waals surface area contributed by atoms with Crippen LogP contribution in [0.1, 0.15) is 19.8 Å². The molecule has 0 aliphatic carbocycles. The van der Waals surface area contributed by atoms with Crippen molar-refractivity contribution in [2.75, 3.05) is 12.9 Å². The first-order valence-electron chi connectivity index (χ1n) is 3.53. The molecule has 0 amide bonds. The number of rotatable bonds is 2. The van der Waals surface area contributed by atoms with E-state index in [4.69, 9.17) is 4.74 Å². The van der Waals surface area contributed by atoms with Crippen LogP contribution in [0.15, 0.2) is 0 Å². The predicted molar refractivity (Wildman–Crippen MR) is 42.0 cm³/mol. The second-order valence-electron chi connectivity index (χ2n) is 2.38. The molecule has 0 N–H and O–H groups in total. The van der Waals surface area contributed by atoms with Crippen LogP contribution in [0.3, 0.4) is 0 Å². The van der Waals surface area contributed by atoms with Gasteiger partial charge in [-0.3, -0.25) is 0 Å². The van der Waals surface area contributed by atoms with Crippen LogP contribution in [0.5, 0.6) is 0 Å². The molecule has 0 aromatic carbocycles. The molecule has 2 atom stereocenters. The Hall–Kier alpha value is 0.310. The highest BCUT2D eigenvalue weighted by Gasteiger charge is 2.25. The molecule has 0 spiro atoms. The molecule has 1 aliphatic rings. The third-order valence-corrected chi connectivity index (χ3v) is 3.39. The molecule has 0 aromatic rings.